The van der Waals surface area contributed by atoms with Crippen LogP contribution in [0.15, 0.2) is 15.0 Å². The molecular formula is C18H28Br2N4O3. The highest BCUT2D eigenvalue weighted by atomic mass is 79.9. The molecule has 1 saturated heterocycles. The van der Waals surface area contributed by atoms with Gasteiger partial charge >= 0.3 is 0 Å². The van der Waals surface area contributed by atoms with Gasteiger partial charge in [-0.25, -0.2) is 4.98 Å². The maximum atomic E-state index is 8.00. The van der Waals surface area contributed by atoms with E-state index in [0.717, 1.165) is 51.7 Å². The Kier molecular flexibility index (Phi) is 9.36. The van der Waals surface area contributed by atoms with E-state index in [2.05, 4.69) is 68.2 Å². The van der Waals surface area contributed by atoms with Gasteiger partial charge in [0, 0.05) is 42.3 Å². The third-order valence-electron chi connectivity index (χ3n) is 4.50. The summed E-state index contributed by atoms with van der Waals surface area (Å²) in [7, 11) is 2.72. The molecule has 1 fully saturated rings. The summed E-state index contributed by atoms with van der Waals surface area (Å²) < 4.78 is 9.87. The van der Waals surface area contributed by atoms with Gasteiger partial charge in [-0.15, -0.1) is 0 Å². The number of methoxy groups -OCH3 is 1. The minimum atomic E-state index is 0.0139. The molecule has 1 aromatic carbocycles. The molecular weight excluding hydrogens is 480 g/mol. The van der Waals surface area contributed by atoms with Gasteiger partial charge in [0.25, 0.3) is 0 Å². The van der Waals surface area contributed by atoms with Crippen molar-refractivity contribution in [2.45, 2.75) is 39.0 Å². The van der Waals surface area contributed by atoms with Crippen LogP contribution in [0.2, 0.25) is 0 Å². The molecule has 0 aliphatic carbocycles. The predicted octanol–water partition coefficient (Wildman–Crippen LogP) is 3.04. The first-order valence-electron chi connectivity index (χ1n) is 8.48. The molecule has 1 aromatic heterocycles. The van der Waals surface area contributed by atoms with E-state index < -0.39 is 0 Å². The number of halogens is 2. The molecule has 0 saturated carbocycles. The molecule has 152 valence electrons. The molecule has 0 spiro atoms. The van der Waals surface area contributed by atoms with Crippen LogP contribution in [-0.2, 0) is 9.53 Å². The largest absolute Gasteiger partial charge is 0.400 e. The molecule has 3 N–H and O–H groups in total. The Labute approximate surface area is 177 Å². The van der Waals surface area contributed by atoms with Crippen molar-refractivity contribution in [3.63, 3.8) is 0 Å². The van der Waals surface area contributed by atoms with E-state index in [1.165, 1.54) is 0 Å². The fourth-order valence-electron chi connectivity index (χ4n) is 3.26. The van der Waals surface area contributed by atoms with E-state index in [1.807, 2.05) is 6.79 Å². The molecule has 0 bridgehead atoms. The second kappa shape index (κ2) is 10.5. The zero-order chi connectivity index (χ0) is 20.9. The minimum Gasteiger partial charge on any atom is -0.400 e. The molecule has 27 heavy (non-hydrogen) atoms. The van der Waals surface area contributed by atoms with Crippen LogP contribution in [0.1, 0.15) is 25.5 Å². The smallest absolute Gasteiger partial charge is 0.206 e. The second-order valence-electron chi connectivity index (χ2n) is 6.38. The molecule has 0 amide bonds. The Hall–Kier alpha value is -1.000. The van der Waals surface area contributed by atoms with Crippen molar-refractivity contribution < 1.29 is 14.6 Å². The van der Waals surface area contributed by atoms with Gasteiger partial charge in [-0.05, 0) is 64.3 Å². The predicted molar refractivity (Wildman–Crippen MR) is 117 cm³/mol. The normalized spacial score (nSPS) is 19.0. The number of anilines is 1. The van der Waals surface area contributed by atoms with Gasteiger partial charge in [-0.3, -0.25) is 0 Å². The van der Waals surface area contributed by atoms with E-state index in [-0.39, 0.29) is 12.1 Å². The van der Waals surface area contributed by atoms with Gasteiger partial charge in [0.1, 0.15) is 6.79 Å². The molecule has 3 rings (SSSR count). The summed E-state index contributed by atoms with van der Waals surface area (Å²) in [4.78, 5) is 15.2. The van der Waals surface area contributed by atoms with Gasteiger partial charge in [-0.1, -0.05) is 0 Å². The number of ether oxygens (including phenoxy) is 1. The van der Waals surface area contributed by atoms with E-state index in [9.17, 15) is 0 Å². The van der Waals surface area contributed by atoms with Crippen molar-refractivity contribution >= 4 is 55.6 Å². The number of benzene rings is 1. The van der Waals surface area contributed by atoms with Crippen molar-refractivity contribution in [2.24, 2.45) is 5.73 Å². The average Bonchev–Trinajstić information content (AvgIpc) is 3.23. The second-order valence-corrected chi connectivity index (χ2v) is 8.03. The highest BCUT2D eigenvalue weighted by Crippen LogP contribution is 2.37. The summed E-state index contributed by atoms with van der Waals surface area (Å²) >= 11 is 7.27. The molecule has 2 aromatic rings. The Bertz CT molecular complexity index is 767. The Balaban J connectivity index is 0.000000855. The van der Waals surface area contributed by atoms with Crippen LogP contribution in [0.3, 0.4) is 0 Å². The highest BCUT2D eigenvalue weighted by Gasteiger charge is 2.33. The van der Waals surface area contributed by atoms with Gasteiger partial charge in [0.2, 0.25) is 5.95 Å². The van der Waals surface area contributed by atoms with E-state index >= 15 is 0 Å². The third-order valence-corrected chi connectivity index (χ3v) is 6.68. The minimum absolute atomic E-state index is 0.0139. The van der Waals surface area contributed by atoms with Crippen molar-refractivity contribution in [2.75, 3.05) is 32.2 Å². The number of hydrogen-bond donors (Lipinski definition) is 2. The lowest BCUT2D eigenvalue weighted by Crippen LogP contribution is -2.34. The number of aromatic nitrogens is 2. The molecule has 0 radical (unpaired) electrons. The molecule has 1 aliphatic heterocycles. The van der Waals surface area contributed by atoms with Crippen LogP contribution in [-0.4, -0.2) is 60.9 Å². The number of nitrogens with zero attached hydrogens (tertiary/aromatic N) is 3. The molecule has 2 atom stereocenters. The first-order chi connectivity index (χ1) is 12.8. The summed E-state index contributed by atoms with van der Waals surface area (Å²) in [6.07, 6.45) is 0.0509. The maximum Gasteiger partial charge on any atom is 0.206 e. The lowest BCUT2D eigenvalue weighted by Gasteiger charge is -2.21. The number of aliphatic hydroxyl groups is 1. The fourth-order valence-corrected chi connectivity index (χ4v) is 4.07. The fraction of sp³-hybridized carbons (Fsp3) is 0.556. The number of rotatable bonds is 3. The summed E-state index contributed by atoms with van der Waals surface area (Å²) in [6.45, 7) is 9.98. The molecule has 2 unspecified atom stereocenters. The number of aryl methyl sites for hydroxylation is 1. The quantitative estimate of drug-likeness (QED) is 0.663. The SMILES string of the molecule is C=O.CO.COC1CN(c2nc3c(C)c(Br)c(Br)cc3n2C(C)C)CC1N. The van der Waals surface area contributed by atoms with Gasteiger partial charge in [0.05, 0.1) is 23.2 Å². The van der Waals surface area contributed by atoms with Crippen LogP contribution in [0.5, 0.6) is 0 Å². The summed E-state index contributed by atoms with van der Waals surface area (Å²) in [5, 5.41) is 7.00. The molecule has 2 heterocycles. The number of imidazole rings is 1. The number of nitrogens with two attached hydrogens (primary N) is 1. The molecule has 1 aliphatic rings. The summed E-state index contributed by atoms with van der Waals surface area (Å²) in [5.74, 6) is 0.970. The first-order valence-corrected chi connectivity index (χ1v) is 10.1. The number of carbonyl (C=O) groups excluding carboxylic acids is 1. The number of hydrogen-bond acceptors (Lipinski definition) is 6. The Morgan fingerprint density at radius 2 is 1.93 bits per heavy atom. The average molecular weight is 508 g/mol. The summed E-state index contributed by atoms with van der Waals surface area (Å²) in [5.41, 5.74) is 9.50. The lowest BCUT2D eigenvalue weighted by atomic mass is 10.2. The van der Waals surface area contributed by atoms with E-state index in [4.69, 9.17) is 25.4 Å². The lowest BCUT2D eigenvalue weighted by molar-refractivity contribution is -0.0979. The first kappa shape index (κ1) is 24.0. The standard InChI is InChI=1S/C16H22Br2N4O.CH4O.CH2O/c1-8(2)22-12-5-10(17)14(18)9(3)15(12)20-16(22)21-6-11(19)13(7-21)23-4;2*1-2/h5,8,11,13H,6-7,19H2,1-4H3;2H,1H3;1H2. The van der Waals surface area contributed by atoms with E-state index in [0.29, 0.717) is 6.04 Å². The summed E-state index contributed by atoms with van der Waals surface area (Å²) in [6, 6.07) is 2.45. The van der Waals surface area contributed by atoms with Crippen molar-refractivity contribution in [3.05, 3.63) is 20.6 Å². The van der Waals surface area contributed by atoms with Gasteiger partial charge in [0.15, 0.2) is 0 Å². The van der Waals surface area contributed by atoms with Crippen LogP contribution < -0.4 is 10.6 Å². The Morgan fingerprint density at radius 3 is 2.41 bits per heavy atom. The Morgan fingerprint density at radius 1 is 1.33 bits per heavy atom. The zero-order valence-electron chi connectivity index (χ0n) is 16.4. The molecule has 7 nitrogen and oxygen atoms in total. The van der Waals surface area contributed by atoms with Crippen LogP contribution in [0.25, 0.3) is 11.0 Å². The maximum absolute atomic E-state index is 8.00. The van der Waals surface area contributed by atoms with Gasteiger partial charge in [-0.2, -0.15) is 0 Å². The monoisotopic (exact) mass is 506 g/mol. The van der Waals surface area contributed by atoms with Crippen LogP contribution in [0.4, 0.5) is 5.95 Å². The number of fused-ring (bicyclic) bond motifs is 1. The van der Waals surface area contributed by atoms with Crippen molar-refractivity contribution in [3.8, 4) is 0 Å². The van der Waals surface area contributed by atoms with Crippen LogP contribution in [0, 0.1) is 6.92 Å². The third kappa shape index (κ3) is 4.71. The number of carbonyl (C=O) groups is 1. The molecule has 9 heteroatoms. The van der Waals surface area contributed by atoms with Gasteiger partial charge < -0.3 is 29.8 Å². The topological polar surface area (TPSA) is 93.6 Å². The van der Waals surface area contributed by atoms with Crippen LogP contribution >= 0.6 is 31.9 Å². The van der Waals surface area contributed by atoms with Crippen molar-refractivity contribution in [1.82, 2.24) is 9.55 Å². The highest BCUT2D eigenvalue weighted by molar-refractivity contribution is 9.13. The van der Waals surface area contributed by atoms with E-state index in [1.54, 1.807) is 7.11 Å². The number of aliphatic hydroxyl groups excluding tert-OH is 1. The van der Waals surface area contributed by atoms with Crippen molar-refractivity contribution in [1.29, 1.82) is 0 Å². The zero-order valence-corrected chi connectivity index (χ0v) is 19.5.